The first-order chi connectivity index (χ1) is 7.11. The van der Waals surface area contributed by atoms with Crippen molar-refractivity contribution in [1.29, 1.82) is 0 Å². The van der Waals surface area contributed by atoms with Gasteiger partial charge in [-0.05, 0) is 24.0 Å². The van der Waals surface area contributed by atoms with Crippen LogP contribution in [0.2, 0.25) is 0 Å². The smallest absolute Gasteiger partial charge is 0.315 e. The third kappa shape index (κ3) is 2.50. The Hall–Kier alpha value is -0.320. The van der Waals surface area contributed by atoms with Crippen LogP contribution in [0.3, 0.4) is 0 Å². The van der Waals surface area contributed by atoms with E-state index in [1.165, 1.54) is 0 Å². The number of hydrogen-bond acceptors (Lipinski definition) is 2. The molecule has 0 spiro atoms. The number of carbonyl (C=O) groups is 1. The van der Waals surface area contributed by atoms with Crippen LogP contribution in [-0.2, 0) is 4.79 Å². The summed E-state index contributed by atoms with van der Waals surface area (Å²) in [4.78, 5) is 11.3. The molecule has 1 atom stereocenters. The van der Waals surface area contributed by atoms with Gasteiger partial charge < -0.3 is 5.11 Å². The lowest BCUT2D eigenvalue weighted by atomic mass is 9.68. The van der Waals surface area contributed by atoms with E-state index < -0.39 is 22.7 Å². The SMILES string of the molecule is CC(C)(C)CC1(C(=O)O)CCSCC1(F)F. The third-order valence-corrected chi connectivity index (χ3v) is 3.96. The average molecular weight is 252 g/mol. The summed E-state index contributed by atoms with van der Waals surface area (Å²) in [5.74, 6) is -4.35. The largest absolute Gasteiger partial charge is 0.481 e. The van der Waals surface area contributed by atoms with Crippen LogP contribution >= 0.6 is 11.8 Å². The molecule has 0 saturated carbocycles. The molecule has 1 saturated heterocycles. The molecule has 1 N–H and O–H groups in total. The van der Waals surface area contributed by atoms with Crippen LogP contribution in [0.15, 0.2) is 0 Å². The van der Waals surface area contributed by atoms with E-state index in [9.17, 15) is 18.7 Å². The van der Waals surface area contributed by atoms with E-state index in [1.807, 2.05) is 0 Å². The highest BCUT2D eigenvalue weighted by atomic mass is 32.2. The van der Waals surface area contributed by atoms with Gasteiger partial charge in [-0.1, -0.05) is 20.8 Å². The fraction of sp³-hybridized carbons (Fsp3) is 0.909. The van der Waals surface area contributed by atoms with Gasteiger partial charge in [-0.15, -0.1) is 0 Å². The molecular weight excluding hydrogens is 234 g/mol. The summed E-state index contributed by atoms with van der Waals surface area (Å²) in [7, 11) is 0. The van der Waals surface area contributed by atoms with Crippen molar-refractivity contribution in [2.45, 2.75) is 39.5 Å². The highest BCUT2D eigenvalue weighted by molar-refractivity contribution is 7.99. The summed E-state index contributed by atoms with van der Waals surface area (Å²) < 4.78 is 27.8. The molecule has 1 fully saturated rings. The van der Waals surface area contributed by atoms with Crippen LogP contribution in [0.5, 0.6) is 0 Å². The van der Waals surface area contributed by atoms with Crippen LogP contribution in [0.4, 0.5) is 8.78 Å². The maximum absolute atomic E-state index is 13.9. The van der Waals surface area contributed by atoms with Crippen molar-refractivity contribution in [3.05, 3.63) is 0 Å². The van der Waals surface area contributed by atoms with Crippen molar-refractivity contribution in [2.24, 2.45) is 10.8 Å². The van der Waals surface area contributed by atoms with Crippen molar-refractivity contribution < 1.29 is 18.7 Å². The zero-order valence-electron chi connectivity index (χ0n) is 9.85. The van der Waals surface area contributed by atoms with Crippen molar-refractivity contribution in [2.75, 3.05) is 11.5 Å². The van der Waals surface area contributed by atoms with Gasteiger partial charge in [0.15, 0.2) is 0 Å². The molecule has 0 aliphatic carbocycles. The minimum Gasteiger partial charge on any atom is -0.481 e. The maximum Gasteiger partial charge on any atom is 0.315 e. The summed E-state index contributed by atoms with van der Waals surface area (Å²) in [6.45, 7) is 5.40. The van der Waals surface area contributed by atoms with Gasteiger partial charge in [-0.2, -0.15) is 11.8 Å². The highest BCUT2D eigenvalue weighted by Crippen LogP contribution is 2.52. The van der Waals surface area contributed by atoms with E-state index in [4.69, 9.17) is 0 Å². The first-order valence-corrected chi connectivity index (χ1v) is 6.45. The molecule has 0 aromatic rings. The summed E-state index contributed by atoms with van der Waals surface area (Å²) in [5.41, 5.74) is -2.29. The van der Waals surface area contributed by atoms with Crippen LogP contribution in [0, 0.1) is 10.8 Å². The van der Waals surface area contributed by atoms with Gasteiger partial charge in [0.25, 0.3) is 5.92 Å². The predicted molar refractivity (Wildman–Crippen MR) is 61.0 cm³/mol. The molecule has 0 bridgehead atoms. The topological polar surface area (TPSA) is 37.3 Å². The van der Waals surface area contributed by atoms with E-state index in [1.54, 1.807) is 20.8 Å². The number of hydrogen-bond donors (Lipinski definition) is 1. The molecule has 2 nitrogen and oxygen atoms in total. The molecule has 0 aromatic heterocycles. The van der Waals surface area contributed by atoms with Crippen LogP contribution in [-0.4, -0.2) is 28.5 Å². The van der Waals surface area contributed by atoms with Crippen LogP contribution in [0.1, 0.15) is 33.6 Å². The Morgan fingerprint density at radius 3 is 2.38 bits per heavy atom. The Balaban J connectivity index is 3.08. The molecular formula is C11H18F2O2S. The Bertz CT molecular complexity index is 286. The number of aliphatic carboxylic acids is 1. The van der Waals surface area contributed by atoms with Gasteiger partial charge in [0.05, 0.1) is 5.75 Å². The molecule has 1 aliphatic heterocycles. The lowest BCUT2D eigenvalue weighted by Crippen LogP contribution is -2.53. The molecule has 0 amide bonds. The number of rotatable bonds is 2. The first-order valence-electron chi connectivity index (χ1n) is 5.30. The lowest BCUT2D eigenvalue weighted by Gasteiger charge is -2.43. The van der Waals surface area contributed by atoms with Gasteiger partial charge in [0.2, 0.25) is 0 Å². The predicted octanol–water partition coefficient (Wildman–Crippen LogP) is 3.27. The van der Waals surface area contributed by atoms with E-state index in [2.05, 4.69) is 0 Å². The number of carboxylic acids is 1. The molecule has 0 aromatic carbocycles. The third-order valence-electron chi connectivity index (χ3n) is 2.90. The quantitative estimate of drug-likeness (QED) is 0.819. The van der Waals surface area contributed by atoms with Crippen molar-refractivity contribution in [1.82, 2.24) is 0 Å². The fourth-order valence-corrected chi connectivity index (χ4v) is 3.40. The zero-order chi connectivity index (χ0) is 12.6. The van der Waals surface area contributed by atoms with Gasteiger partial charge in [-0.3, -0.25) is 4.79 Å². The van der Waals surface area contributed by atoms with Crippen LogP contribution in [0.25, 0.3) is 0 Å². The summed E-state index contributed by atoms with van der Waals surface area (Å²) in [5, 5.41) is 9.20. The lowest BCUT2D eigenvalue weighted by molar-refractivity contribution is -0.181. The second-order valence-corrected chi connectivity index (χ2v) is 6.74. The zero-order valence-corrected chi connectivity index (χ0v) is 10.7. The first kappa shape index (κ1) is 13.7. The second-order valence-electron chi connectivity index (χ2n) is 5.63. The Morgan fingerprint density at radius 2 is 2.00 bits per heavy atom. The van der Waals surface area contributed by atoms with Gasteiger partial charge in [0.1, 0.15) is 5.41 Å². The minimum atomic E-state index is -3.12. The van der Waals surface area contributed by atoms with Crippen molar-refractivity contribution in [3.8, 4) is 0 Å². The molecule has 1 heterocycles. The minimum absolute atomic E-state index is 0.0168. The van der Waals surface area contributed by atoms with E-state index in [-0.39, 0.29) is 18.6 Å². The van der Waals surface area contributed by atoms with E-state index in [0.717, 1.165) is 11.8 Å². The van der Waals surface area contributed by atoms with Crippen molar-refractivity contribution in [3.63, 3.8) is 0 Å². The molecule has 1 rings (SSSR count). The molecule has 1 aliphatic rings. The summed E-state index contributed by atoms with van der Waals surface area (Å²) >= 11 is 1.13. The Morgan fingerprint density at radius 1 is 1.44 bits per heavy atom. The standard InChI is InChI=1S/C11H18F2O2S/c1-9(2,3)6-10(8(14)15)4-5-16-7-11(10,12)13/h4-7H2,1-3H3,(H,14,15). The molecule has 94 valence electrons. The van der Waals surface area contributed by atoms with E-state index >= 15 is 0 Å². The second kappa shape index (κ2) is 4.17. The Kier molecular flexibility index (Phi) is 3.58. The molecule has 16 heavy (non-hydrogen) atoms. The van der Waals surface area contributed by atoms with E-state index in [0.29, 0.717) is 5.75 Å². The van der Waals surface area contributed by atoms with Crippen LogP contribution < -0.4 is 0 Å². The summed E-state index contributed by atoms with van der Waals surface area (Å²) in [6.07, 6.45) is 0.0696. The molecule has 5 heteroatoms. The normalized spacial score (nSPS) is 30.1. The fourth-order valence-electron chi connectivity index (χ4n) is 2.23. The van der Waals surface area contributed by atoms with Gasteiger partial charge in [-0.25, -0.2) is 8.78 Å². The van der Waals surface area contributed by atoms with Gasteiger partial charge in [0, 0.05) is 0 Å². The number of alkyl halides is 2. The Labute approximate surface area is 98.8 Å². The number of halogens is 2. The monoisotopic (exact) mass is 252 g/mol. The maximum atomic E-state index is 13.9. The van der Waals surface area contributed by atoms with Crippen molar-refractivity contribution >= 4 is 17.7 Å². The van der Waals surface area contributed by atoms with Gasteiger partial charge >= 0.3 is 5.97 Å². The average Bonchev–Trinajstić information content (AvgIpc) is 2.06. The summed E-state index contributed by atoms with van der Waals surface area (Å²) in [6, 6.07) is 0. The molecule has 1 unspecified atom stereocenters. The highest BCUT2D eigenvalue weighted by Gasteiger charge is 2.61. The number of carboxylic acid groups (broad SMARTS) is 1. The number of thioether (sulfide) groups is 1. The molecule has 0 radical (unpaired) electrons.